The molecule has 2 N–H and O–H groups in total. The lowest BCUT2D eigenvalue weighted by atomic mass is 10.1. The van der Waals surface area contributed by atoms with Crippen molar-refractivity contribution >= 4 is 6.03 Å². The lowest BCUT2D eigenvalue weighted by Gasteiger charge is -2.07. The van der Waals surface area contributed by atoms with Crippen LogP contribution >= 0.6 is 0 Å². The first-order valence-corrected chi connectivity index (χ1v) is 7.56. The number of amides is 2. The molecule has 2 amide bonds. The molecule has 1 fully saturated rings. The highest BCUT2D eigenvalue weighted by atomic mass is 19.1. The molecule has 2 aromatic carbocycles. The Hall–Kier alpha value is -2.36. The second kappa shape index (κ2) is 6.60. The minimum atomic E-state index is -0.241. The van der Waals surface area contributed by atoms with Crippen molar-refractivity contribution in [3.05, 3.63) is 71.5 Å². The lowest BCUT2D eigenvalue weighted by Crippen LogP contribution is -2.38. The normalized spacial score (nSPS) is 19.5. The number of rotatable bonds is 5. The zero-order valence-electron chi connectivity index (χ0n) is 12.3. The van der Waals surface area contributed by atoms with Crippen LogP contribution in [0, 0.1) is 5.82 Å². The van der Waals surface area contributed by atoms with E-state index < -0.39 is 0 Å². The third kappa shape index (κ3) is 3.85. The van der Waals surface area contributed by atoms with Crippen molar-refractivity contribution in [2.24, 2.45) is 0 Å². The Morgan fingerprint density at radius 2 is 1.82 bits per heavy atom. The fraction of sp³-hybridized carbons (Fsp3) is 0.278. The summed E-state index contributed by atoms with van der Waals surface area (Å²) in [5, 5.41) is 5.83. The Kier molecular flexibility index (Phi) is 4.37. The van der Waals surface area contributed by atoms with Gasteiger partial charge in [-0.2, -0.15) is 0 Å². The quantitative estimate of drug-likeness (QED) is 0.874. The fourth-order valence-corrected chi connectivity index (χ4v) is 2.61. The van der Waals surface area contributed by atoms with E-state index in [1.54, 1.807) is 12.1 Å². The smallest absolute Gasteiger partial charge is 0.315 e. The predicted molar refractivity (Wildman–Crippen MR) is 84.2 cm³/mol. The summed E-state index contributed by atoms with van der Waals surface area (Å²) in [6, 6.07) is 16.7. The van der Waals surface area contributed by atoms with E-state index in [0.29, 0.717) is 18.9 Å². The molecule has 3 rings (SSSR count). The van der Waals surface area contributed by atoms with E-state index in [2.05, 4.69) is 22.8 Å². The van der Waals surface area contributed by atoms with Gasteiger partial charge in [0.05, 0.1) is 0 Å². The van der Waals surface area contributed by atoms with Crippen molar-refractivity contribution in [2.45, 2.75) is 24.8 Å². The van der Waals surface area contributed by atoms with Gasteiger partial charge in [0.2, 0.25) is 0 Å². The van der Waals surface area contributed by atoms with Gasteiger partial charge >= 0.3 is 6.03 Å². The third-order valence-electron chi connectivity index (χ3n) is 3.95. The van der Waals surface area contributed by atoms with Crippen LogP contribution in [0.2, 0.25) is 0 Å². The van der Waals surface area contributed by atoms with E-state index in [0.717, 1.165) is 12.0 Å². The molecule has 114 valence electrons. The first-order valence-electron chi connectivity index (χ1n) is 7.56. The van der Waals surface area contributed by atoms with Crippen molar-refractivity contribution in [1.29, 1.82) is 0 Å². The van der Waals surface area contributed by atoms with Gasteiger partial charge in [-0.3, -0.25) is 0 Å². The molecule has 0 aliphatic heterocycles. The van der Waals surface area contributed by atoms with E-state index in [1.807, 2.05) is 18.2 Å². The molecule has 1 aliphatic carbocycles. The van der Waals surface area contributed by atoms with Crippen LogP contribution in [0.25, 0.3) is 0 Å². The summed E-state index contributed by atoms with van der Waals surface area (Å²) in [6.45, 7) is 0.542. The minimum absolute atomic E-state index is 0.134. The summed E-state index contributed by atoms with van der Waals surface area (Å²) in [7, 11) is 0. The molecule has 2 unspecified atom stereocenters. The summed E-state index contributed by atoms with van der Waals surface area (Å²) in [4.78, 5) is 11.8. The molecule has 0 saturated heterocycles. The van der Waals surface area contributed by atoms with Crippen LogP contribution in [0.15, 0.2) is 54.6 Å². The molecular formula is C18H19FN2O. The Labute approximate surface area is 129 Å². The number of nitrogens with one attached hydrogen (secondary N) is 2. The van der Waals surface area contributed by atoms with E-state index >= 15 is 0 Å². The zero-order valence-corrected chi connectivity index (χ0v) is 12.3. The molecule has 1 saturated carbocycles. The van der Waals surface area contributed by atoms with Crippen molar-refractivity contribution in [2.75, 3.05) is 6.54 Å². The molecule has 2 atom stereocenters. The van der Waals surface area contributed by atoms with E-state index in [9.17, 15) is 9.18 Å². The SMILES string of the molecule is O=C(NCCc1ccc(F)cc1)NC1CC1c1ccccc1. The predicted octanol–water partition coefficient (Wildman–Crippen LogP) is 3.22. The minimum Gasteiger partial charge on any atom is -0.338 e. The summed E-state index contributed by atoms with van der Waals surface area (Å²) >= 11 is 0. The molecule has 0 bridgehead atoms. The molecule has 3 nitrogen and oxygen atoms in total. The summed E-state index contributed by atoms with van der Waals surface area (Å²) in [5.74, 6) is 0.194. The third-order valence-corrected chi connectivity index (χ3v) is 3.95. The molecule has 0 spiro atoms. The van der Waals surface area contributed by atoms with Gasteiger partial charge in [-0.05, 0) is 36.1 Å². The number of halogens is 1. The average molecular weight is 298 g/mol. The summed E-state index contributed by atoms with van der Waals surface area (Å²) in [5.41, 5.74) is 2.29. The van der Waals surface area contributed by atoms with Gasteiger partial charge in [-0.25, -0.2) is 9.18 Å². The van der Waals surface area contributed by atoms with Gasteiger partial charge in [-0.1, -0.05) is 42.5 Å². The van der Waals surface area contributed by atoms with Crippen LogP contribution in [0.4, 0.5) is 9.18 Å². The van der Waals surface area contributed by atoms with Crippen LogP contribution in [-0.2, 0) is 6.42 Å². The van der Waals surface area contributed by atoms with Gasteiger partial charge in [-0.15, -0.1) is 0 Å². The Balaban J connectivity index is 1.38. The summed E-state index contributed by atoms with van der Waals surface area (Å²) < 4.78 is 12.8. The van der Waals surface area contributed by atoms with Gasteiger partial charge in [0.25, 0.3) is 0 Å². The highest BCUT2D eigenvalue weighted by molar-refractivity contribution is 5.74. The standard InChI is InChI=1S/C18H19FN2O/c19-15-8-6-13(7-9-15)10-11-20-18(22)21-17-12-16(17)14-4-2-1-3-5-14/h1-9,16-17H,10-12H2,(H2,20,21,22). The van der Waals surface area contributed by atoms with Crippen molar-refractivity contribution in [3.8, 4) is 0 Å². The maximum Gasteiger partial charge on any atom is 0.315 e. The summed E-state index contributed by atoms with van der Waals surface area (Å²) in [6.07, 6.45) is 1.69. The number of hydrogen-bond donors (Lipinski definition) is 2. The Bertz CT molecular complexity index is 627. The second-order valence-electron chi connectivity index (χ2n) is 5.64. The molecule has 4 heteroatoms. The highest BCUT2D eigenvalue weighted by Gasteiger charge is 2.39. The van der Waals surface area contributed by atoms with E-state index in [4.69, 9.17) is 0 Å². The highest BCUT2D eigenvalue weighted by Crippen LogP contribution is 2.40. The number of urea groups is 1. The lowest BCUT2D eigenvalue weighted by molar-refractivity contribution is 0.240. The maximum absolute atomic E-state index is 12.8. The Morgan fingerprint density at radius 3 is 2.55 bits per heavy atom. The van der Waals surface area contributed by atoms with Crippen molar-refractivity contribution < 1.29 is 9.18 Å². The van der Waals surface area contributed by atoms with Crippen LogP contribution in [0.5, 0.6) is 0 Å². The van der Waals surface area contributed by atoms with Crippen LogP contribution in [0.1, 0.15) is 23.5 Å². The van der Waals surface area contributed by atoms with Crippen LogP contribution in [0.3, 0.4) is 0 Å². The van der Waals surface area contributed by atoms with Crippen molar-refractivity contribution in [1.82, 2.24) is 10.6 Å². The molecule has 22 heavy (non-hydrogen) atoms. The monoisotopic (exact) mass is 298 g/mol. The van der Waals surface area contributed by atoms with E-state index in [-0.39, 0.29) is 17.9 Å². The zero-order chi connectivity index (χ0) is 15.4. The molecular weight excluding hydrogens is 279 g/mol. The largest absolute Gasteiger partial charge is 0.338 e. The van der Waals surface area contributed by atoms with Crippen LogP contribution in [-0.4, -0.2) is 18.6 Å². The van der Waals surface area contributed by atoms with Crippen LogP contribution < -0.4 is 10.6 Å². The first kappa shape index (κ1) is 14.6. The maximum atomic E-state index is 12.8. The van der Waals surface area contributed by atoms with Gasteiger partial charge in [0.1, 0.15) is 5.82 Å². The number of benzene rings is 2. The van der Waals surface area contributed by atoms with Gasteiger partial charge in [0.15, 0.2) is 0 Å². The molecule has 0 radical (unpaired) electrons. The van der Waals surface area contributed by atoms with Crippen molar-refractivity contribution in [3.63, 3.8) is 0 Å². The Morgan fingerprint density at radius 1 is 1.09 bits per heavy atom. The topological polar surface area (TPSA) is 41.1 Å². The molecule has 0 heterocycles. The number of carbonyl (C=O) groups is 1. The van der Waals surface area contributed by atoms with Gasteiger partial charge in [0, 0.05) is 18.5 Å². The molecule has 1 aliphatic rings. The fourth-order valence-electron chi connectivity index (χ4n) is 2.61. The molecule has 2 aromatic rings. The number of hydrogen-bond acceptors (Lipinski definition) is 1. The van der Waals surface area contributed by atoms with Gasteiger partial charge < -0.3 is 10.6 Å². The first-order chi connectivity index (χ1) is 10.7. The molecule has 0 aromatic heterocycles. The second-order valence-corrected chi connectivity index (χ2v) is 5.64. The van der Waals surface area contributed by atoms with E-state index in [1.165, 1.54) is 17.7 Å². The average Bonchev–Trinajstić information content (AvgIpc) is 3.29. The number of carbonyl (C=O) groups excluding carboxylic acids is 1.